The van der Waals surface area contributed by atoms with E-state index in [0.717, 1.165) is 38.9 Å². The van der Waals surface area contributed by atoms with Crippen LogP contribution in [0.2, 0.25) is 0 Å². The van der Waals surface area contributed by atoms with E-state index in [4.69, 9.17) is 5.11 Å². The number of aromatic nitrogens is 1. The van der Waals surface area contributed by atoms with Crippen LogP contribution in [0.15, 0.2) is 31.0 Å². The number of piperidine rings is 1. The summed E-state index contributed by atoms with van der Waals surface area (Å²) in [6.07, 6.45) is 6.89. The quantitative estimate of drug-likeness (QED) is 0.814. The standard InChI is InChI=1S/C14H20N2O2/c1-2-3-8-15-10-6-12(7-11-15)16-9-4-5-13(16)14(17)18/h2,4-5,9,12H,1,3,6-8,10-11H2,(H,17,18). The molecule has 0 amide bonds. The summed E-state index contributed by atoms with van der Waals surface area (Å²) < 4.78 is 1.91. The number of rotatable bonds is 5. The van der Waals surface area contributed by atoms with Crippen molar-refractivity contribution in [1.82, 2.24) is 9.47 Å². The molecule has 0 saturated carbocycles. The minimum atomic E-state index is -0.839. The minimum Gasteiger partial charge on any atom is -0.477 e. The van der Waals surface area contributed by atoms with Gasteiger partial charge in [-0.15, -0.1) is 6.58 Å². The Hall–Kier alpha value is -1.55. The second kappa shape index (κ2) is 5.87. The molecule has 0 spiro atoms. The van der Waals surface area contributed by atoms with Crippen LogP contribution in [-0.4, -0.2) is 40.2 Å². The van der Waals surface area contributed by atoms with E-state index in [-0.39, 0.29) is 0 Å². The van der Waals surface area contributed by atoms with Gasteiger partial charge in [0.1, 0.15) is 5.69 Å². The van der Waals surface area contributed by atoms with Crippen LogP contribution in [0.4, 0.5) is 0 Å². The highest BCUT2D eigenvalue weighted by Crippen LogP contribution is 2.24. The zero-order chi connectivity index (χ0) is 13.0. The Labute approximate surface area is 108 Å². The number of nitrogens with zero attached hydrogens (tertiary/aromatic N) is 2. The van der Waals surface area contributed by atoms with Gasteiger partial charge in [0.05, 0.1) is 0 Å². The van der Waals surface area contributed by atoms with E-state index < -0.39 is 5.97 Å². The van der Waals surface area contributed by atoms with Crippen molar-refractivity contribution in [1.29, 1.82) is 0 Å². The molecule has 0 bridgehead atoms. The molecule has 1 aromatic heterocycles. The molecular formula is C14H20N2O2. The van der Waals surface area contributed by atoms with Crippen molar-refractivity contribution >= 4 is 5.97 Å². The van der Waals surface area contributed by atoms with Crippen LogP contribution in [0.3, 0.4) is 0 Å². The second-order valence-electron chi connectivity index (χ2n) is 4.76. The predicted octanol–water partition coefficient (Wildman–Crippen LogP) is 2.40. The van der Waals surface area contributed by atoms with E-state index in [9.17, 15) is 4.79 Å². The molecule has 2 heterocycles. The number of hydrogen-bond donors (Lipinski definition) is 1. The van der Waals surface area contributed by atoms with Crippen LogP contribution >= 0.6 is 0 Å². The molecule has 1 aliphatic rings. The summed E-state index contributed by atoms with van der Waals surface area (Å²) >= 11 is 0. The Morgan fingerprint density at radius 1 is 1.50 bits per heavy atom. The van der Waals surface area contributed by atoms with Crippen LogP contribution in [0.25, 0.3) is 0 Å². The molecule has 1 fully saturated rings. The fraction of sp³-hybridized carbons (Fsp3) is 0.500. The Kier molecular flexibility index (Phi) is 4.20. The highest BCUT2D eigenvalue weighted by molar-refractivity contribution is 5.85. The van der Waals surface area contributed by atoms with Crippen molar-refractivity contribution in [2.45, 2.75) is 25.3 Å². The topological polar surface area (TPSA) is 45.5 Å². The third kappa shape index (κ3) is 2.82. The smallest absolute Gasteiger partial charge is 0.352 e. The lowest BCUT2D eigenvalue weighted by Crippen LogP contribution is -2.35. The molecule has 18 heavy (non-hydrogen) atoms. The van der Waals surface area contributed by atoms with Crippen molar-refractivity contribution in [3.63, 3.8) is 0 Å². The van der Waals surface area contributed by atoms with Gasteiger partial charge >= 0.3 is 5.97 Å². The summed E-state index contributed by atoms with van der Waals surface area (Å²) in [5, 5.41) is 9.11. The van der Waals surface area contributed by atoms with Gasteiger partial charge in [-0.25, -0.2) is 4.79 Å². The summed E-state index contributed by atoms with van der Waals surface area (Å²) in [7, 11) is 0. The van der Waals surface area contributed by atoms with Crippen LogP contribution in [-0.2, 0) is 0 Å². The fourth-order valence-corrected chi connectivity index (χ4v) is 2.59. The van der Waals surface area contributed by atoms with Gasteiger partial charge in [0.15, 0.2) is 0 Å². The summed E-state index contributed by atoms with van der Waals surface area (Å²) in [4.78, 5) is 13.5. The van der Waals surface area contributed by atoms with Gasteiger partial charge in [-0.2, -0.15) is 0 Å². The third-order valence-corrected chi connectivity index (χ3v) is 3.60. The Balaban J connectivity index is 1.95. The minimum absolute atomic E-state index is 0.325. The molecular weight excluding hydrogens is 228 g/mol. The van der Waals surface area contributed by atoms with E-state index in [0.29, 0.717) is 11.7 Å². The first-order chi connectivity index (χ1) is 8.72. The molecule has 1 saturated heterocycles. The maximum atomic E-state index is 11.1. The number of aromatic carboxylic acids is 1. The first kappa shape index (κ1) is 12.9. The first-order valence-corrected chi connectivity index (χ1v) is 6.45. The van der Waals surface area contributed by atoms with Gasteiger partial charge in [-0.1, -0.05) is 6.08 Å². The second-order valence-corrected chi connectivity index (χ2v) is 4.76. The van der Waals surface area contributed by atoms with E-state index >= 15 is 0 Å². The van der Waals surface area contributed by atoms with Crippen molar-refractivity contribution in [3.8, 4) is 0 Å². The van der Waals surface area contributed by atoms with Crippen LogP contribution < -0.4 is 0 Å². The Bertz CT molecular complexity index is 417. The molecule has 1 aliphatic heterocycles. The first-order valence-electron chi connectivity index (χ1n) is 6.45. The van der Waals surface area contributed by atoms with Gasteiger partial charge in [0, 0.05) is 31.9 Å². The average Bonchev–Trinajstić information content (AvgIpc) is 2.86. The lowest BCUT2D eigenvalue weighted by Gasteiger charge is -2.33. The molecule has 4 heteroatoms. The van der Waals surface area contributed by atoms with Crippen LogP contribution in [0.1, 0.15) is 35.8 Å². The van der Waals surface area contributed by atoms with Crippen molar-refractivity contribution < 1.29 is 9.90 Å². The molecule has 98 valence electrons. The molecule has 0 aliphatic carbocycles. The number of carboxylic acids is 1. The molecule has 0 unspecified atom stereocenters. The molecule has 0 radical (unpaired) electrons. The van der Waals surface area contributed by atoms with Crippen molar-refractivity contribution in [2.24, 2.45) is 0 Å². The zero-order valence-corrected chi connectivity index (χ0v) is 10.6. The Morgan fingerprint density at radius 3 is 2.83 bits per heavy atom. The van der Waals surface area contributed by atoms with E-state index in [1.165, 1.54) is 0 Å². The molecule has 4 nitrogen and oxygen atoms in total. The monoisotopic (exact) mass is 248 g/mol. The Morgan fingerprint density at radius 2 is 2.22 bits per heavy atom. The maximum Gasteiger partial charge on any atom is 0.352 e. The van der Waals surface area contributed by atoms with E-state index in [1.807, 2.05) is 22.9 Å². The highest BCUT2D eigenvalue weighted by atomic mass is 16.4. The molecule has 0 atom stereocenters. The third-order valence-electron chi connectivity index (χ3n) is 3.60. The maximum absolute atomic E-state index is 11.1. The summed E-state index contributed by atoms with van der Waals surface area (Å²) in [6.45, 7) is 6.87. The van der Waals surface area contributed by atoms with Gasteiger partial charge in [0.2, 0.25) is 0 Å². The lowest BCUT2D eigenvalue weighted by atomic mass is 10.0. The van der Waals surface area contributed by atoms with Crippen LogP contribution in [0, 0.1) is 0 Å². The van der Waals surface area contributed by atoms with Crippen molar-refractivity contribution in [3.05, 3.63) is 36.7 Å². The number of carboxylic acid groups (broad SMARTS) is 1. The van der Waals surface area contributed by atoms with Gasteiger partial charge in [-0.05, 0) is 31.4 Å². The lowest BCUT2D eigenvalue weighted by molar-refractivity contribution is 0.0678. The number of hydrogen-bond acceptors (Lipinski definition) is 2. The molecule has 0 aromatic carbocycles. The SMILES string of the molecule is C=CCCN1CCC(n2cccc2C(=O)O)CC1. The highest BCUT2D eigenvalue weighted by Gasteiger charge is 2.22. The van der Waals surface area contributed by atoms with Crippen LogP contribution in [0.5, 0.6) is 0 Å². The van der Waals surface area contributed by atoms with E-state index in [2.05, 4.69) is 11.5 Å². The van der Waals surface area contributed by atoms with Gasteiger partial charge in [-0.3, -0.25) is 0 Å². The van der Waals surface area contributed by atoms with Gasteiger partial charge < -0.3 is 14.6 Å². The van der Waals surface area contributed by atoms with Crippen molar-refractivity contribution in [2.75, 3.05) is 19.6 Å². The van der Waals surface area contributed by atoms with E-state index in [1.54, 1.807) is 6.07 Å². The molecule has 1 aromatic rings. The number of carbonyl (C=O) groups is 1. The average molecular weight is 248 g/mol. The summed E-state index contributed by atoms with van der Waals surface area (Å²) in [5.74, 6) is -0.839. The van der Waals surface area contributed by atoms with Gasteiger partial charge in [0.25, 0.3) is 0 Å². The summed E-state index contributed by atoms with van der Waals surface area (Å²) in [6, 6.07) is 3.81. The summed E-state index contributed by atoms with van der Waals surface area (Å²) in [5.41, 5.74) is 0.402. The fourth-order valence-electron chi connectivity index (χ4n) is 2.59. The zero-order valence-electron chi connectivity index (χ0n) is 10.6. The molecule has 2 rings (SSSR count). The largest absolute Gasteiger partial charge is 0.477 e. The predicted molar refractivity (Wildman–Crippen MR) is 70.9 cm³/mol. The normalized spacial score (nSPS) is 17.8. The number of likely N-dealkylation sites (tertiary alicyclic amines) is 1. The molecule has 1 N–H and O–H groups in total.